The molecule has 0 spiro atoms. The van der Waals surface area contributed by atoms with E-state index in [4.69, 9.17) is 0 Å². The van der Waals surface area contributed by atoms with E-state index < -0.39 is 0 Å². The van der Waals surface area contributed by atoms with Gasteiger partial charge < -0.3 is 14.4 Å². The van der Waals surface area contributed by atoms with E-state index in [1.54, 1.807) is 0 Å². The number of fused-ring (bicyclic) bond motifs is 7. The van der Waals surface area contributed by atoms with Crippen molar-refractivity contribution in [2.24, 2.45) is 0 Å². The monoisotopic (exact) mass is 733 g/mol. The van der Waals surface area contributed by atoms with Gasteiger partial charge in [0, 0.05) is 70.8 Å². The summed E-state index contributed by atoms with van der Waals surface area (Å²) >= 11 is 1.86. The van der Waals surface area contributed by atoms with Crippen LogP contribution in [0.5, 0.6) is 0 Å². The molecular weight excluding hydrogens is 699 g/mol. The minimum absolute atomic E-state index is 1.07. The van der Waals surface area contributed by atoms with Gasteiger partial charge in [0.15, 0.2) is 0 Å². The lowest BCUT2D eigenvalue weighted by atomic mass is 10.0. The molecular formula is C52H35N3S. The van der Waals surface area contributed by atoms with Gasteiger partial charge in [-0.05, 0) is 114 Å². The smallest absolute Gasteiger partial charge is 0.0561 e. The molecule has 11 aromatic rings. The van der Waals surface area contributed by atoms with E-state index in [9.17, 15) is 0 Å². The summed E-state index contributed by atoms with van der Waals surface area (Å²) < 4.78 is 5.02. The molecule has 2 aromatic heterocycles. The summed E-state index contributed by atoms with van der Waals surface area (Å²) in [5, 5.41) is 7.59. The molecule has 56 heavy (non-hydrogen) atoms. The van der Waals surface area contributed by atoms with Gasteiger partial charge in [0.1, 0.15) is 0 Å². The second-order valence-electron chi connectivity index (χ2n) is 14.2. The summed E-state index contributed by atoms with van der Waals surface area (Å²) in [5.74, 6) is 0. The Kier molecular flexibility index (Phi) is 7.68. The number of aromatic nitrogens is 1. The predicted molar refractivity (Wildman–Crippen MR) is 241 cm³/mol. The van der Waals surface area contributed by atoms with Crippen LogP contribution in [-0.4, -0.2) is 4.57 Å². The van der Waals surface area contributed by atoms with Gasteiger partial charge in [-0.15, -0.1) is 11.3 Å². The van der Waals surface area contributed by atoms with Gasteiger partial charge >= 0.3 is 0 Å². The van der Waals surface area contributed by atoms with Gasteiger partial charge in [-0.2, -0.15) is 0 Å². The maximum Gasteiger partial charge on any atom is 0.0561 e. The lowest BCUT2D eigenvalue weighted by molar-refractivity contribution is 1.18. The summed E-state index contributed by atoms with van der Waals surface area (Å²) in [4.78, 5) is 4.75. The van der Waals surface area contributed by atoms with Gasteiger partial charge in [-0.3, -0.25) is 0 Å². The fraction of sp³-hybridized carbons (Fsp3) is 0. The molecule has 0 bridgehead atoms. The molecule has 0 aliphatic rings. The van der Waals surface area contributed by atoms with E-state index in [0.717, 1.165) is 39.8 Å². The highest BCUT2D eigenvalue weighted by atomic mass is 32.1. The molecule has 11 rings (SSSR count). The van der Waals surface area contributed by atoms with Crippen LogP contribution in [0.25, 0.3) is 58.4 Å². The third kappa shape index (κ3) is 5.42. The minimum atomic E-state index is 1.07. The van der Waals surface area contributed by atoms with Crippen LogP contribution in [0.1, 0.15) is 0 Å². The van der Waals surface area contributed by atoms with Gasteiger partial charge in [0.25, 0.3) is 0 Å². The van der Waals surface area contributed by atoms with Gasteiger partial charge in [-0.25, -0.2) is 0 Å². The lowest BCUT2D eigenvalue weighted by Crippen LogP contribution is -2.13. The number of nitrogens with zero attached hydrogens (tertiary/aromatic N) is 3. The fourth-order valence-corrected chi connectivity index (χ4v) is 9.50. The Labute approximate surface area is 329 Å². The highest BCUT2D eigenvalue weighted by Gasteiger charge is 2.20. The molecule has 0 N–H and O–H groups in total. The first kappa shape index (κ1) is 32.3. The number of hydrogen-bond donors (Lipinski definition) is 0. The average Bonchev–Trinajstić information content (AvgIpc) is 3.79. The molecule has 3 nitrogen and oxygen atoms in total. The molecule has 264 valence electrons. The van der Waals surface area contributed by atoms with Crippen molar-refractivity contribution in [3.05, 3.63) is 212 Å². The van der Waals surface area contributed by atoms with Crippen molar-refractivity contribution < 1.29 is 0 Å². The van der Waals surface area contributed by atoms with Crippen LogP contribution in [0.3, 0.4) is 0 Å². The Morgan fingerprint density at radius 3 is 1.59 bits per heavy atom. The maximum atomic E-state index is 2.39. The third-order valence-electron chi connectivity index (χ3n) is 10.9. The molecule has 4 heteroatoms. The Bertz CT molecular complexity index is 3200. The molecule has 0 unspecified atom stereocenters. The number of rotatable bonds is 7. The van der Waals surface area contributed by atoms with Gasteiger partial charge in [-0.1, -0.05) is 109 Å². The summed E-state index contributed by atoms with van der Waals surface area (Å²) in [6, 6.07) is 76.9. The molecule has 0 fully saturated rings. The summed E-state index contributed by atoms with van der Waals surface area (Å²) in [5.41, 5.74) is 10.1. The second kappa shape index (κ2) is 13.3. The molecule has 0 aliphatic heterocycles. The molecule has 9 aromatic carbocycles. The van der Waals surface area contributed by atoms with Crippen molar-refractivity contribution in [3.8, 4) is 5.69 Å². The quantitative estimate of drug-likeness (QED) is 0.162. The zero-order valence-electron chi connectivity index (χ0n) is 30.5. The van der Waals surface area contributed by atoms with Crippen LogP contribution in [-0.2, 0) is 0 Å². The highest BCUT2D eigenvalue weighted by molar-refractivity contribution is 7.25. The molecule has 0 saturated heterocycles. The van der Waals surface area contributed by atoms with Crippen molar-refractivity contribution in [2.45, 2.75) is 0 Å². The largest absolute Gasteiger partial charge is 0.310 e. The second-order valence-corrected chi connectivity index (χ2v) is 15.3. The van der Waals surface area contributed by atoms with Crippen molar-refractivity contribution in [2.75, 3.05) is 9.80 Å². The van der Waals surface area contributed by atoms with Crippen molar-refractivity contribution in [1.82, 2.24) is 4.57 Å². The van der Waals surface area contributed by atoms with Crippen LogP contribution in [0.15, 0.2) is 212 Å². The molecule has 0 saturated carbocycles. The van der Waals surface area contributed by atoms with E-state index in [2.05, 4.69) is 227 Å². The molecule has 2 heterocycles. The number of para-hydroxylation sites is 4. The first-order valence-corrected chi connectivity index (χ1v) is 19.8. The van der Waals surface area contributed by atoms with Crippen LogP contribution in [0.4, 0.5) is 34.1 Å². The highest BCUT2D eigenvalue weighted by Crippen LogP contribution is 2.44. The van der Waals surface area contributed by atoms with E-state index in [1.807, 2.05) is 11.3 Å². The van der Waals surface area contributed by atoms with Crippen LogP contribution in [0.2, 0.25) is 0 Å². The molecule has 0 atom stereocenters. The summed E-state index contributed by atoms with van der Waals surface area (Å²) in [7, 11) is 0. The first-order valence-electron chi connectivity index (χ1n) is 19.0. The Morgan fingerprint density at radius 1 is 0.304 bits per heavy atom. The first-order chi connectivity index (χ1) is 27.8. The van der Waals surface area contributed by atoms with Gasteiger partial charge in [0.2, 0.25) is 0 Å². The van der Waals surface area contributed by atoms with Gasteiger partial charge in [0.05, 0.1) is 11.0 Å². The fourth-order valence-electron chi connectivity index (χ4n) is 8.37. The molecule has 0 amide bonds. The number of hydrogen-bond acceptors (Lipinski definition) is 3. The third-order valence-corrected chi connectivity index (χ3v) is 12.0. The standard InChI is InChI=1S/C52H35N3S/c1-4-15-38(16-5-1)53(43-28-27-36-32-48-47-24-11-13-26-51(47)56-52(48)33-37(36)31-43)41-21-14-22-42(34-41)54(39-17-6-2-7-18-39)44-29-30-46-45-23-10-12-25-49(45)55(50(46)35-44)40-19-8-3-9-20-40/h1-35H. The summed E-state index contributed by atoms with van der Waals surface area (Å²) in [6.07, 6.45) is 0. The van der Waals surface area contributed by atoms with E-state index >= 15 is 0 Å². The van der Waals surface area contributed by atoms with Crippen LogP contribution < -0.4 is 9.80 Å². The minimum Gasteiger partial charge on any atom is -0.310 e. The Hall–Kier alpha value is -7.14. The normalized spacial score (nSPS) is 11.6. The van der Waals surface area contributed by atoms with E-state index in [1.165, 1.54) is 52.8 Å². The summed E-state index contributed by atoms with van der Waals surface area (Å²) in [6.45, 7) is 0. The van der Waals surface area contributed by atoms with Crippen molar-refractivity contribution in [3.63, 3.8) is 0 Å². The average molecular weight is 734 g/mol. The van der Waals surface area contributed by atoms with E-state index in [-0.39, 0.29) is 0 Å². The Morgan fingerprint density at radius 2 is 0.857 bits per heavy atom. The topological polar surface area (TPSA) is 11.4 Å². The predicted octanol–water partition coefficient (Wildman–Crippen LogP) is 15.2. The molecule has 0 aliphatic carbocycles. The lowest BCUT2D eigenvalue weighted by Gasteiger charge is -2.29. The van der Waals surface area contributed by atoms with E-state index in [0.29, 0.717) is 0 Å². The van der Waals surface area contributed by atoms with Crippen molar-refractivity contribution >= 4 is 98.2 Å². The Balaban J connectivity index is 1.08. The molecule has 0 radical (unpaired) electrons. The zero-order chi connectivity index (χ0) is 37.0. The van der Waals surface area contributed by atoms with Crippen molar-refractivity contribution in [1.29, 1.82) is 0 Å². The number of thiophene rings is 1. The number of benzene rings is 9. The maximum absolute atomic E-state index is 2.39. The SMILES string of the molecule is c1ccc(N(c2cccc(N(c3ccccc3)c3ccc4c5ccccc5n(-c5ccccc5)c4c3)c2)c2ccc3cc4c(cc3c2)sc2ccccc24)cc1. The number of anilines is 6. The van der Waals surface area contributed by atoms with Crippen LogP contribution >= 0.6 is 11.3 Å². The van der Waals surface area contributed by atoms with Crippen LogP contribution in [0, 0.1) is 0 Å². The zero-order valence-corrected chi connectivity index (χ0v) is 31.3.